The summed E-state index contributed by atoms with van der Waals surface area (Å²) in [5, 5.41) is 3.30. The molecule has 0 bridgehead atoms. The molecule has 0 aliphatic heterocycles. The van der Waals surface area contributed by atoms with E-state index in [0.29, 0.717) is 12.3 Å². The van der Waals surface area contributed by atoms with E-state index >= 15 is 0 Å². The lowest BCUT2D eigenvalue weighted by molar-refractivity contribution is 0.413. The minimum atomic E-state index is -0.297. The smallest absolute Gasteiger partial charge is 0.144 e. The van der Waals surface area contributed by atoms with Gasteiger partial charge in [-0.15, -0.1) is 0 Å². The fraction of sp³-hybridized carbons (Fsp3) is 0.250. The average Bonchev–Trinajstić information content (AvgIpc) is 2.39. The Morgan fingerprint density at radius 2 is 1.79 bits per heavy atom. The normalized spacial score (nSPS) is 10.3. The predicted octanol–water partition coefficient (Wildman–Crippen LogP) is 4.06. The number of rotatable bonds is 4. The van der Waals surface area contributed by atoms with E-state index in [1.54, 1.807) is 13.2 Å². The van der Waals surface area contributed by atoms with Crippen LogP contribution in [0.25, 0.3) is 0 Å². The van der Waals surface area contributed by atoms with Gasteiger partial charge in [0, 0.05) is 12.6 Å². The van der Waals surface area contributed by atoms with Crippen molar-refractivity contribution in [2.45, 2.75) is 20.4 Å². The highest BCUT2D eigenvalue weighted by molar-refractivity contribution is 5.57. The van der Waals surface area contributed by atoms with Gasteiger partial charge in [0.05, 0.1) is 12.8 Å². The molecule has 2 rings (SSSR count). The van der Waals surface area contributed by atoms with E-state index < -0.39 is 0 Å². The molecule has 0 heterocycles. The third-order valence-corrected chi connectivity index (χ3v) is 3.26. The van der Waals surface area contributed by atoms with Crippen molar-refractivity contribution >= 4 is 5.69 Å². The third-order valence-electron chi connectivity index (χ3n) is 3.26. The molecule has 0 unspecified atom stereocenters. The molecule has 0 aliphatic carbocycles. The van der Waals surface area contributed by atoms with Crippen LogP contribution in [0.15, 0.2) is 36.4 Å². The number of methoxy groups -OCH3 is 1. The van der Waals surface area contributed by atoms with Gasteiger partial charge in [0.2, 0.25) is 0 Å². The van der Waals surface area contributed by atoms with Gasteiger partial charge in [-0.3, -0.25) is 0 Å². The van der Waals surface area contributed by atoms with Gasteiger partial charge in [0.15, 0.2) is 0 Å². The third kappa shape index (κ3) is 3.05. The number of anilines is 1. The van der Waals surface area contributed by atoms with Gasteiger partial charge in [0.25, 0.3) is 0 Å². The van der Waals surface area contributed by atoms with E-state index in [4.69, 9.17) is 4.74 Å². The highest BCUT2D eigenvalue weighted by Crippen LogP contribution is 2.26. The molecule has 1 N–H and O–H groups in total. The molecule has 2 aromatic rings. The van der Waals surface area contributed by atoms with Gasteiger partial charge < -0.3 is 10.1 Å². The fourth-order valence-corrected chi connectivity index (χ4v) is 2.12. The first kappa shape index (κ1) is 13.4. The number of nitrogens with one attached hydrogen (secondary N) is 1. The van der Waals surface area contributed by atoms with Gasteiger partial charge >= 0.3 is 0 Å². The van der Waals surface area contributed by atoms with E-state index in [0.717, 1.165) is 5.69 Å². The van der Waals surface area contributed by atoms with E-state index in [-0.39, 0.29) is 5.82 Å². The summed E-state index contributed by atoms with van der Waals surface area (Å²) < 4.78 is 18.3. The Morgan fingerprint density at radius 3 is 2.42 bits per heavy atom. The van der Waals surface area contributed by atoms with Crippen molar-refractivity contribution in [3.63, 3.8) is 0 Å². The molecule has 100 valence electrons. The SMILES string of the molecule is COc1cc(F)ccc1NCc1c(C)cccc1C. The number of hydrogen-bond donors (Lipinski definition) is 1. The second kappa shape index (κ2) is 5.74. The summed E-state index contributed by atoms with van der Waals surface area (Å²) in [7, 11) is 1.54. The summed E-state index contributed by atoms with van der Waals surface area (Å²) in [5.74, 6) is 0.223. The van der Waals surface area contributed by atoms with E-state index in [1.165, 1.54) is 28.8 Å². The summed E-state index contributed by atoms with van der Waals surface area (Å²) in [6.07, 6.45) is 0. The lowest BCUT2D eigenvalue weighted by Crippen LogP contribution is -2.04. The van der Waals surface area contributed by atoms with Crippen LogP contribution in [0, 0.1) is 19.7 Å². The van der Waals surface area contributed by atoms with Crippen molar-refractivity contribution < 1.29 is 9.13 Å². The largest absolute Gasteiger partial charge is 0.494 e. The lowest BCUT2D eigenvalue weighted by Gasteiger charge is -2.14. The topological polar surface area (TPSA) is 21.3 Å². The highest BCUT2D eigenvalue weighted by atomic mass is 19.1. The first-order valence-corrected chi connectivity index (χ1v) is 6.24. The summed E-state index contributed by atoms with van der Waals surface area (Å²) in [6.45, 7) is 4.87. The van der Waals surface area contributed by atoms with Gasteiger partial charge in [0.1, 0.15) is 11.6 Å². The summed E-state index contributed by atoms with van der Waals surface area (Å²) >= 11 is 0. The Bertz CT molecular complexity index is 561. The average molecular weight is 259 g/mol. The maximum absolute atomic E-state index is 13.1. The van der Waals surface area contributed by atoms with Crippen LogP contribution in [0.4, 0.5) is 10.1 Å². The first-order valence-electron chi connectivity index (χ1n) is 6.24. The number of aryl methyl sites for hydroxylation is 2. The summed E-state index contributed by atoms with van der Waals surface area (Å²) in [6, 6.07) is 10.7. The maximum atomic E-state index is 13.1. The van der Waals surface area contributed by atoms with Crippen molar-refractivity contribution in [2.75, 3.05) is 12.4 Å². The molecule has 0 atom stereocenters. The Kier molecular flexibility index (Phi) is 4.05. The molecule has 2 aromatic carbocycles. The van der Waals surface area contributed by atoms with Crippen LogP contribution >= 0.6 is 0 Å². The zero-order valence-corrected chi connectivity index (χ0v) is 11.5. The summed E-state index contributed by atoms with van der Waals surface area (Å²) in [4.78, 5) is 0. The standard InChI is InChI=1S/C16H18FNO/c1-11-5-4-6-12(2)14(11)10-18-15-8-7-13(17)9-16(15)19-3/h4-9,18H,10H2,1-3H3. The second-order valence-electron chi connectivity index (χ2n) is 4.57. The van der Waals surface area contributed by atoms with Crippen molar-refractivity contribution in [3.8, 4) is 5.75 Å². The van der Waals surface area contributed by atoms with E-state index in [2.05, 4.69) is 31.3 Å². The van der Waals surface area contributed by atoms with Crippen LogP contribution in [-0.4, -0.2) is 7.11 Å². The van der Waals surface area contributed by atoms with Crippen LogP contribution in [-0.2, 0) is 6.54 Å². The zero-order chi connectivity index (χ0) is 13.8. The quantitative estimate of drug-likeness (QED) is 0.894. The minimum Gasteiger partial charge on any atom is -0.494 e. The molecule has 0 fully saturated rings. The van der Waals surface area contributed by atoms with Crippen LogP contribution in [0.2, 0.25) is 0 Å². The molecule has 2 nitrogen and oxygen atoms in total. The Labute approximate surface area is 113 Å². The molecule has 0 saturated heterocycles. The van der Waals surface area contributed by atoms with Gasteiger partial charge in [-0.05, 0) is 42.7 Å². The number of hydrogen-bond acceptors (Lipinski definition) is 2. The highest BCUT2D eigenvalue weighted by Gasteiger charge is 2.06. The molecule has 0 aliphatic rings. The second-order valence-corrected chi connectivity index (χ2v) is 4.57. The van der Waals surface area contributed by atoms with Crippen LogP contribution < -0.4 is 10.1 Å². The van der Waals surface area contributed by atoms with Gasteiger partial charge in [-0.2, -0.15) is 0 Å². The zero-order valence-electron chi connectivity index (χ0n) is 11.5. The molecule has 19 heavy (non-hydrogen) atoms. The molecular formula is C16H18FNO. The molecule has 0 aromatic heterocycles. The van der Waals surface area contributed by atoms with Crippen LogP contribution in [0.3, 0.4) is 0 Å². The first-order chi connectivity index (χ1) is 9.11. The van der Waals surface area contributed by atoms with E-state index in [1.807, 2.05) is 6.07 Å². The van der Waals surface area contributed by atoms with Crippen molar-refractivity contribution in [1.29, 1.82) is 0 Å². The number of ether oxygens (including phenoxy) is 1. The number of halogens is 1. The predicted molar refractivity (Wildman–Crippen MR) is 76.2 cm³/mol. The molecular weight excluding hydrogens is 241 g/mol. The van der Waals surface area contributed by atoms with Crippen LogP contribution in [0.5, 0.6) is 5.75 Å². The van der Waals surface area contributed by atoms with E-state index in [9.17, 15) is 4.39 Å². The Hall–Kier alpha value is -2.03. The number of benzene rings is 2. The van der Waals surface area contributed by atoms with Crippen molar-refractivity contribution in [2.24, 2.45) is 0 Å². The Morgan fingerprint density at radius 1 is 1.11 bits per heavy atom. The lowest BCUT2D eigenvalue weighted by atomic mass is 10.0. The minimum absolute atomic E-state index is 0.297. The molecule has 0 spiro atoms. The monoisotopic (exact) mass is 259 g/mol. The molecule has 0 saturated carbocycles. The van der Waals surface area contributed by atoms with Crippen molar-refractivity contribution in [3.05, 3.63) is 58.9 Å². The summed E-state index contributed by atoms with van der Waals surface area (Å²) in [5.41, 5.74) is 4.54. The molecule has 0 amide bonds. The fourth-order valence-electron chi connectivity index (χ4n) is 2.12. The van der Waals surface area contributed by atoms with Crippen LogP contribution in [0.1, 0.15) is 16.7 Å². The maximum Gasteiger partial charge on any atom is 0.144 e. The molecule has 3 heteroatoms. The van der Waals surface area contributed by atoms with Crippen molar-refractivity contribution in [1.82, 2.24) is 0 Å². The molecule has 0 radical (unpaired) electrons. The van der Waals surface area contributed by atoms with Gasteiger partial charge in [-0.25, -0.2) is 4.39 Å². The van der Waals surface area contributed by atoms with Gasteiger partial charge in [-0.1, -0.05) is 18.2 Å². The Balaban J connectivity index is 2.19.